The van der Waals surface area contributed by atoms with Crippen molar-refractivity contribution in [1.82, 2.24) is 0 Å². The van der Waals surface area contributed by atoms with E-state index in [0.29, 0.717) is 16.6 Å². The molecule has 0 saturated heterocycles. The lowest BCUT2D eigenvalue weighted by molar-refractivity contribution is 0.0656. The van der Waals surface area contributed by atoms with Gasteiger partial charge in [0.2, 0.25) is 5.76 Å². The predicted molar refractivity (Wildman–Crippen MR) is 74.3 cm³/mol. The average molecular weight is 294 g/mol. The lowest BCUT2D eigenvalue weighted by Crippen LogP contribution is -2.00. The number of carbonyl (C=O) groups is 1. The highest BCUT2D eigenvalue weighted by molar-refractivity contribution is 7.99. The van der Waals surface area contributed by atoms with E-state index in [1.807, 2.05) is 0 Å². The fraction of sp³-hybridized carbons (Fsp3) is 0.214. The Kier molecular flexibility index (Phi) is 4.70. The zero-order chi connectivity index (χ0) is 14.5. The van der Waals surface area contributed by atoms with Crippen molar-refractivity contribution < 1.29 is 24.2 Å². The van der Waals surface area contributed by atoms with E-state index < -0.39 is 12.1 Å². The summed E-state index contributed by atoms with van der Waals surface area (Å²) >= 11 is 1.25. The minimum absolute atomic E-state index is 0.108. The van der Waals surface area contributed by atoms with Gasteiger partial charge in [-0.3, -0.25) is 0 Å². The first-order chi connectivity index (χ1) is 9.60. The Morgan fingerprint density at radius 2 is 2.20 bits per heavy atom. The van der Waals surface area contributed by atoms with Crippen LogP contribution in [0.5, 0.6) is 5.75 Å². The molecule has 20 heavy (non-hydrogen) atoms. The Morgan fingerprint density at radius 1 is 1.40 bits per heavy atom. The molecule has 2 N–H and O–H groups in total. The van der Waals surface area contributed by atoms with E-state index in [-0.39, 0.29) is 5.76 Å². The summed E-state index contributed by atoms with van der Waals surface area (Å²) in [5, 5.41) is 19.3. The first-order valence-electron chi connectivity index (χ1n) is 5.88. The van der Waals surface area contributed by atoms with Gasteiger partial charge in [-0.05, 0) is 29.8 Å². The van der Waals surface area contributed by atoms with Gasteiger partial charge in [-0.2, -0.15) is 0 Å². The molecule has 1 atom stereocenters. The Bertz CT molecular complexity index is 593. The zero-order valence-corrected chi connectivity index (χ0v) is 11.6. The second kappa shape index (κ2) is 6.49. The van der Waals surface area contributed by atoms with Crippen LogP contribution in [-0.4, -0.2) is 29.0 Å². The third-order valence-electron chi connectivity index (χ3n) is 2.65. The number of hydrogen-bond acceptors (Lipinski definition) is 5. The van der Waals surface area contributed by atoms with Crippen LogP contribution in [0.1, 0.15) is 22.2 Å². The number of aliphatic hydroxyl groups is 1. The van der Waals surface area contributed by atoms with Crippen molar-refractivity contribution in [1.29, 1.82) is 0 Å². The molecule has 1 heterocycles. The minimum atomic E-state index is -1.11. The van der Waals surface area contributed by atoms with Crippen LogP contribution in [0, 0.1) is 0 Å². The maximum absolute atomic E-state index is 10.7. The number of benzene rings is 1. The van der Waals surface area contributed by atoms with Crippen LogP contribution in [-0.2, 0) is 0 Å². The van der Waals surface area contributed by atoms with Crippen molar-refractivity contribution >= 4 is 17.7 Å². The number of methoxy groups -OCH3 is 1. The van der Waals surface area contributed by atoms with Gasteiger partial charge in [0.1, 0.15) is 5.75 Å². The number of ether oxygens (including phenoxy) is 1. The van der Waals surface area contributed by atoms with Crippen molar-refractivity contribution in [2.75, 3.05) is 12.9 Å². The lowest BCUT2D eigenvalue weighted by atomic mass is 10.1. The first kappa shape index (κ1) is 14.5. The second-order valence-electron chi connectivity index (χ2n) is 4.03. The first-order valence-corrected chi connectivity index (χ1v) is 6.86. The molecule has 0 bridgehead atoms. The number of furan rings is 1. The monoisotopic (exact) mass is 294 g/mol. The number of thioether (sulfide) groups is 1. The van der Waals surface area contributed by atoms with Gasteiger partial charge in [0.05, 0.1) is 13.2 Å². The Balaban J connectivity index is 1.96. The molecule has 0 saturated carbocycles. The highest BCUT2D eigenvalue weighted by Crippen LogP contribution is 2.27. The molecule has 0 radical (unpaired) electrons. The molecule has 0 spiro atoms. The Morgan fingerprint density at radius 3 is 2.85 bits per heavy atom. The van der Waals surface area contributed by atoms with Crippen molar-refractivity contribution in [3.05, 3.63) is 47.7 Å². The molecule has 1 aromatic carbocycles. The van der Waals surface area contributed by atoms with Crippen LogP contribution in [0.4, 0.5) is 0 Å². The number of hydrogen-bond donors (Lipinski definition) is 2. The van der Waals surface area contributed by atoms with Gasteiger partial charge in [-0.1, -0.05) is 23.9 Å². The molecular weight excluding hydrogens is 280 g/mol. The van der Waals surface area contributed by atoms with E-state index in [2.05, 4.69) is 0 Å². The molecule has 0 aliphatic rings. The number of aromatic carboxylic acids is 1. The Labute approximate surface area is 120 Å². The predicted octanol–water partition coefficient (Wildman–Crippen LogP) is 2.81. The number of aliphatic hydroxyl groups excluding tert-OH is 1. The molecule has 1 aromatic heterocycles. The molecule has 6 heteroatoms. The smallest absolute Gasteiger partial charge is 0.371 e. The fourth-order valence-corrected chi connectivity index (χ4v) is 2.45. The topological polar surface area (TPSA) is 79.9 Å². The van der Waals surface area contributed by atoms with Gasteiger partial charge in [0, 0.05) is 5.75 Å². The fourth-order valence-electron chi connectivity index (χ4n) is 1.62. The van der Waals surface area contributed by atoms with Gasteiger partial charge < -0.3 is 19.4 Å². The maximum atomic E-state index is 10.7. The summed E-state index contributed by atoms with van der Waals surface area (Å²) in [4.78, 5) is 10.7. The lowest BCUT2D eigenvalue weighted by Gasteiger charge is -2.10. The summed E-state index contributed by atoms with van der Waals surface area (Å²) in [5.74, 6) is -0.175. The third kappa shape index (κ3) is 3.55. The largest absolute Gasteiger partial charge is 0.497 e. The van der Waals surface area contributed by atoms with Crippen LogP contribution in [0.25, 0.3) is 0 Å². The van der Waals surface area contributed by atoms with Crippen LogP contribution in [0.2, 0.25) is 0 Å². The van der Waals surface area contributed by atoms with E-state index in [9.17, 15) is 9.90 Å². The summed E-state index contributed by atoms with van der Waals surface area (Å²) in [7, 11) is 1.57. The molecule has 5 nitrogen and oxygen atoms in total. The van der Waals surface area contributed by atoms with Crippen molar-refractivity contribution in [3.63, 3.8) is 0 Å². The van der Waals surface area contributed by atoms with E-state index in [1.54, 1.807) is 37.4 Å². The summed E-state index contributed by atoms with van der Waals surface area (Å²) in [5.41, 5.74) is 0.738. The molecule has 106 valence electrons. The number of carboxylic acids is 1. The van der Waals surface area contributed by atoms with Crippen molar-refractivity contribution in [2.24, 2.45) is 0 Å². The van der Waals surface area contributed by atoms with E-state index in [0.717, 1.165) is 5.56 Å². The maximum Gasteiger partial charge on any atom is 0.371 e. The Hall–Kier alpha value is -1.92. The molecule has 2 aromatic rings. The minimum Gasteiger partial charge on any atom is -0.497 e. The van der Waals surface area contributed by atoms with E-state index >= 15 is 0 Å². The summed E-state index contributed by atoms with van der Waals surface area (Å²) in [6, 6.07) is 10.1. The number of carboxylic acid groups (broad SMARTS) is 1. The normalized spacial score (nSPS) is 12.1. The van der Waals surface area contributed by atoms with Gasteiger partial charge in [0.25, 0.3) is 0 Å². The zero-order valence-electron chi connectivity index (χ0n) is 10.8. The van der Waals surface area contributed by atoms with Crippen molar-refractivity contribution in [2.45, 2.75) is 11.2 Å². The molecule has 0 fully saturated rings. The van der Waals surface area contributed by atoms with Crippen molar-refractivity contribution in [3.8, 4) is 5.75 Å². The standard InChI is InChI=1S/C14H14O5S/c1-18-10-4-2-3-9(7-10)11(15)8-20-13-6-5-12(19-13)14(16)17/h2-7,11,15H,8H2,1H3,(H,16,17). The van der Waals surface area contributed by atoms with Crippen LogP contribution in [0.15, 0.2) is 45.9 Å². The van der Waals surface area contributed by atoms with Crippen LogP contribution >= 0.6 is 11.8 Å². The molecule has 0 aliphatic heterocycles. The second-order valence-corrected chi connectivity index (χ2v) is 5.05. The van der Waals surface area contributed by atoms with Gasteiger partial charge in [-0.15, -0.1) is 0 Å². The third-order valence-corrected chi connectivity index (χ3v) is 3.64. The van der Waals surface area contributed by atoms with E-state index in [1.165, 1.54) is 17.8 Å². The van der Waals surface area contributed by atoms with Gasteiger partial charge >= 0.3 is 5.97 Å². The average Bonchev–Trinajstić information content (AvgIpc) is 2.94. The van der Waals surface area contributed by atoms with E-state index in [4.69, 9.17) is 14.3 Å². The SMILES string of the molecule is COc1cccc(C(O)CSc2ccc(C(=O)O)o2)c1. The molecule has 0 aliphatic carbocycles. The highest BCUT2D eigenvalue weighted by Gasteiger charge is 2.13. The molecule has 0 amide bonds. The van der Waals surface area contributed by atoms with Crippen LogP contribution in [0.3, 0.4) is 0 Å². The van der Waals surface area contributed by atoms with Crippen LogP contribution < -0.4 is 4.74 Å². The summed E-state index contributed by atoms with van der Waals surface area (Å²) in [6.45, 7) is 0. The molecule has 2 rings (SSSR count). The molecular formula is C14H14O5S. The van der Waals surface area contributed by atoms with Gasteiger partial charge in [0.15, 0.2) is 5.09 Å². The highest BCUT2D eigenvalue weighted by atomic mass is 32.2. The number of rotatable bonds is 6. The van der Waals surface area contributed by atoms with Gasteiger partial charge in [-0.25, -0.2) is 4.79 Å². The summed E-state index contributed by atoms with van der Waals surface area (Å²) in [6.07, 6.45) is -0.687. The summed E-state index contributed by atoms with van der Waals surface area (Å²) < 4.78 is 10.2. The quantitative estimate of drug-likeness (QED) is 0.797. The molecule has 1 unspecified atom stereocenters.